The summed E-state index contributed by atoms with van der Waals surface area (Å²) in [5.41, 5.74) is 4.62. The van der Waals surface area contributed by atoms with Gasteiger partial charge in [-0.3, -0.25) is 0 Å². The van der Waals surface area contributed by atoms with Gasteiger partial charge in [-0.1, -0.05) is 18.2 Å². The van der Waals surface area contributed by atoms with Crippen LogP contribution in [0, 0.1) is 0 Å². The highest BCUT2D eigenvalue weighted by Gasteiger charge is 2.23. The predicted octanol–water partition coefficient (Wildman–Crippen LogP) is 2.07. The first kappa shape index (κ1) is 9.65. The fourth-order valence-corrected chi connectivity index (χ4v) is 2.47. The largest absolute Gasteiger partial charge is 0.383 e. The summed E-state index contributed by atoms with van der Waals surface area (Å²) in [5, 5.41) is 11.1. The van der Waals surface area contributed by atoms with Crippen LogP contribution in [0.3, 0.4) is 0 Å². The first-order valence-electron chi connectivity index (χ1n) is 4.55. The lowest BCUT2D eigenvalue weighted by Crippen LogP contribution is -2.30. The van der Waals surface area contributed by atoms with Crippen LogP contribution < -0.4 is 5.73 Å². The van der Waals surface area contributed by atoms with Crippen molar-refractivity contribution in [2.75, 3.05) is 6.54 Å². The average Bonchev–Trinajstić information content (AvgIpc) is 2.61. The fraction of sp³-hybridized carbons (Fsp3) is 0.273. The fourth-order valence-electron chi connectivity index (χ4n) is 1.35. The molecule has 2 aromatic rings. The SMILES string of the molecule is C[C@@](O)(CN)c1cc2ccccc2s1. The molecule has 1 aromatic heterocycles. The molecule has 0 bridgehead atoms. The van der Waals surface area contributed by atoms with Crippen molar-refractivity contribution in [2.45, 2.75) is 12.5 Å². The Bertz CT molecular complexity index is 414. The minimum atomic E-state index is -0.899. The quantitative estimate of drug-likeness (QED) is 0.792. The Morgan fingerprint density at radius 2 is 2.14 bits per heavy atom. The highest BCUT2D eigenvalue weighted by atomic mass is 32.1. The maximum Gasteiger partial charge on any atom is 0.108 e. The number of hydrogen-bond acceptors (Lipinski definition) is 3. The Hall–Kier alpha value is -0.900. The molecular weight excluding hydrogens is 194 g/mol. The van der Waals surface area contributed by atoms with Gasteiger partial charge in [0.05, 0.1) is 0 Å². The Balaban J connectivity index is 2.55. The van der Waals surface area contributed by atoms with Crippen molar-refractivity contribution in [2.24, 2.45) is 5.73 Å². The van der Waals surface area contributed by atoms with Crippen LogP contribution in [0.15, 0.2) is 30.3 Å². The van der Waals surface area contributed by atoms with E-state index in [9.17, 15) is 5.11 Å². The second kappa shape index (κ2) is 3.35. The molecule has 1 aromatic carbocycles. The molecule has 14 heavy (non-hydrogen) atoms. The molecule has 0 saturated carbocycles. The molecule has 3 N–H and O–H groups in total. The number of aliphatic hydroxyl groups is 1. The molecule has 0 aliphatic heterocycles. The summed E-state index contributed by atoms with van der Waals surface area (Å²) in [6, 6.07) is 10.1. The first-order chi connectivity index (χ1) is 6.63. The number of hydrogen-bond donors (Lipinski definition) is 2. The third-order valence-electron chi connectivity index (χ3n) is 2.35. The molecule has 0 fully saturated rings. The molecule has 74 valence electrons. The molecule has 0 spiro atoms. The van der Waals surface area contributed by atoms with Crippen LogP contribution in [-0.4, -0.2) is 11.7 Å². The summed E-state index contributed by atoms with van der Waals surface area (Å²) in [7, 11) is 0. The zero-order valence-corrected chi connectivity index (χ0v) is 8.84. The molecule has 1 atom stereocenters. The van der Waals surface area contributed by atoms with Gasteiger partial charge in [-0.25, -0.2) is 0 Å². The Morgan fingerprint density at radius 3 is 2.79 bits per heavy atom. The van der Waals surface area contributed by atoms with Gasteiger partial charge in [0.15, 0.2) is 0 Å². The van der Waals surface area contributed by atoms with Gasteiger partial charge in [0.2, 0.25) is 0 Å². The molecular formula is C11H13NOS. The lowest BCUT2D eigenvalue weighted by atomic mass is 10.1. The van der Waals surface area contributed by atoms with Crippen molar-refractivity contribution in [3.05, 3.63) is 35.2 Å². The van der Waals surface area contributed by atoms with Crippen LogP contribution >= 0.6 is 11.3 Å². The van der Waals surface area contributed by atoms with Gasteiger partial charge in [0.1, 0.15) is 5.60 Å². The van der Waals surface area contributed by atoms with Crippen LogP contribution in [0.4, 0.5) is 0 Å². The monoisotopic (exact) mass is 207 g/mol. The van der Waals surface area contributed by atoms with E-state index in [4.69, 9.17) is 5.73 Å². The smallest absolute Gasteiger partial charge is 0.108 e. The zero-order chi connectivity index (χ0) is 10.2. The van der Waals surface area contributed by atoms with E-state index in [1.165, 1.54) is 10.1 Å². The maximum atomic E-state index is 9.98. The molecule has 0 saturated heterocycles. The summed E-state index contributed by atoms with van der Waals surface area (Å²) in [4.78, 5) is 0.932. The number of thiophene rings is 1. The van der Waals surface area contributed by atoms with Crippen LogP contribution in [0.1, 0.15) is 11.8 Å². The number of nitrogens with two attached hydrogens (primary N) is 1. The standard InChI is InChI=1S/C11H13NOS/c1-11(13,7-12)10-6-8-4-2-3-5-9(8)14-10/h2-6,13H,7,12H2,1H3/t11-/m1/s1. The summed E-state index contributed by atoms with van der Waals surface area (Å²) in [5.74, 6) is 0. The minimum absolute atomic E-state index is 0.250. The Kier molecular flexibility index (Phi) is 2.31. The second-order valence-corrected chi connectivity index (χ2v) is 4.71. The van der Waals surface area contributed by atoms with E-state index in [0.29, 0.717) is 0 Å². The third-order valence-corrected chi connectivity index (χ3v) is 3.72. The van der Waals surface area contributed by atoms with E-state index in [1.54, 1.807) is 18.3 Å². The first-order valence-corrected chi connectivity index (χ1v) is 5.36. The summed E-state index contributed by atoms with van der Waals surface area (Å²) in [6.07, 6.45) is 0. The second-order valence-electron chi connectivity index (χ2n) is 3.63. The topological polar surface area (TPSA) is 46.2 Å². The van der Waals surface area contributed by atoms with Crippen molar-refractivity contribution in [1.29, 1.82) is 0 Å². The van der Waals surface area contributed by atoms with E-state index < -0.39 is 5.60 Å². The highest BCUT2D eigenvalue weighted by Crippen LogP contribution is 2.32. The molecule has 2 nitrogen and oxygen atoms in total. The van der Waals surface area contributed by atoms with Crippen molar-refractivity contribution in [1.82, 2.24) is 0 Å². The van der Waals surface area contributed by atoms with Gasteiger partial charge in [0.25, 0.3) is 0 Å². The average molecular weight is 207 g/mol. The van der Waals surface area contributed by atoms with Crippen molar-refractivity contribution in [3.63, 3.8) is 0 Å². The van der Waals surface area contributed by atoms with Crippen LogP contribution in [0.2, 0.25) is 0 Å². The summed E-state index contributed by atoms with van der Waals surface area (Å²) < 4.78 is 1.19. The third kappa shape index (κ3) is 1.54. The van der Waals surface area contributed by atoms with Crippen LogP contribution in [0.5, 0.6) is 0 Å². The van der Waals surface area contributed by atoms with Gasteiger partial charge in [-0.15, -0.1) is 11.3 Å². The lowest BCUT2D eigenvalue weighted by Gasteiger charge is -2.18. The van der Waals surface area contributed by atoms with Crippen molar-refractivity contribution >= 4 is 21.4 Å². The van der Waals surface area contributed by atoms with E-state index in [-0.39, 0.29) is 6.54 Å². The van der Waals surface area contributed by atoms with Gasteiger partial charge < -0.3 is 10.8 Å². The number of rotatable bonds is 2. The molecule has 0 aliphatic rings. The van der Waals surface area contributed by atoms with Gasteiger partial charge >= 0.3 is 0 Å². The highest BCUT2D eigenvalue weighted by molar-refractivity contribution is 7.19. The molecule has 2 rings (SSSR count). The molecule has 0 unspecified atom stereocenters. The molecule has 3 heteroatoms. The zero-order valence-electron chi connectivity index (χ0n) is 8.03. The van der Waals surface area contributed by atoms with Crippen molar-refractivity contribution in [3.8, 4) is 0 Å². The van der Waals surface area contributed by atoms with E-state index in [2.05, 4.69) is 6.07 Å². The maximum absolute atomic E-state index is 9.98. The summed E-state index contributed by atoms with van der Waals surface area (Å²) >= 11 is 1.60. The molecule has 0 radical (unpaired) electrons. The normalized spacial score (nSPS) is 15.6. The predicted molar refractivity (Wildman–Crippen MR) is 60.5 cm³/mol. The Labute approximate surface area is 87.0 Å². The summed E-state index contributed by atoms with van der Waals surface area (Å²) in [6.45, 7) is 2.00. The van der Waals surface area contributed by atoms with Crippen LogP contribution in [0.25, 0.3) is 10.1 Å². The number of benzene rings is 1. The van der Waals surface area contributed by atoms with E-state index in [0.717, 1.165) is 4.88 Å². The molecule has 0 amide bonds. The molecule has 0 aliphatic carbocycles. The van der Waals surface area contributed by atoms with Crippen molar-refractivity contribution < 1.29 is 5.11 Å². The minimum Gasteiger partial charge on any atom is -0.383 e. The van der Waals surface area contributed by atoms with Crippen LogP contribution in [-0.2, 0) is 5.60 Å². The van der Waals surface area contributed by atoms with Gasteiger partial charge in [-0.05, 0) is 24.4 Å². The van der Waals surface area contributed by atoms with E-state index in [1.807, 2.05) is 24.3 Å². The number of fused-ring (bicyclic) bond motifs is 1. The van der Waals surface area contributed by atoms with Gasteiger partial charge in [-0.2, -0.15) is 0 Å². The molecule has 1 heterocycles. The van der Waals surface area contributed by atoms with E-state index >= 15 is 0 Å². The Morgan fingerprint density at radius 1 is 1.43 bits per heavy atom. The lowest BCUT2D eigenvalue weighted by molar-refractivity contribution is 0.0708. The van der Waals surface area contributed by atoms with Gasteiger partial charge in [0, 0.05) is 16.1 Å².